The summed E-state index contributed by atoms with van der Waals surface area (Å²) in [4.78, 5) is 157. The Labute approximate surface area is 549 Å². The van der Waals surface area contributed by atoms with E-state index in [-0.39, 0.29) is 128 Å². The molecule has 13 atom stereocenters. The van der Waals surface area contributed by atoms with Crippen LogP contribution < -0.4 is 32.7 Å². The Morgan fingerprint density at radius 2 is 1.53 bits per heavy atom. The second-order valence-corrected chi connectivity index (χ2v) is 28.3. The highest BCUT2D eigenvalue weighted by atomic mass is 32.5. The van der Waals surface area contributed by atoms with Crippen LogP contribution in [0.2, 0.25) is 0 Å². The number of hydrogen-bond acceptors (Lipinski definition) is 26. The Balaban J connectivity index is 0.723. The molecule has 4 aliphatic rings. The molecule has 5 aromatic rings. The molecular weight excluding hydrogens is 1340 g/mol. The molecule has 4 aliphatic heterocycles. The van der Waals surface area contributed by atoms with Crippen LogP contribution in [0, 0.1) is 17.8 Å². The largest absolute Gasteiger partial charge is 0.447 e. The number of benzene rings is 1. The Kier molecular flexibility index (Phi) is 23.8. The summed E-state index contributed by atoms with van der Waals surface area (Å²) in [6.07, 6.45) is -10.3. The van der Waals surface area contributed by atoms with Crippen molar-refractivity contribution in [3.05, 3.63) is 55.1 Å². The van der Waals surface area contributed by atoms with Crippen molar-refractivity contribution < 1.29 is 99.0 Å². The van der Waals surface area contributed by atoms with Crippen molar-refractivity contribution >= 4 is 124 Å². The first kappa shape index (κ1) is 71.8. The maximum absolute atomic E-state index is 16.6. The van der Waals surface area contributed by atoms with Gasteiger partial charge in [-0.05, 0) is 72.9 Å². The summed E-state index contributed by atoms with van der Waals surface area (Å²) in [6.45, 7) is -4.90. The van der Waals surface area contributed by atoms with Gasteiger partial charge in [-0.1, -0.05) is 39.3 Å². The third-order valence-electron chi connectivity index (χ3n) is 15.5. The van der Waals surface area contributed by atoms with Gasteiger partial charge in [0.1, 0.15) is 43.6 Å². The molecule has 95 heavy (non-hydrogen) atoms. The quantitative estimate of drug-likeness (QED) is 0.0178. The van der Waals surface area contributed by atoms with Crippen LogP contribution in [0.15, 0.2) is 49.6 Å². The van der Waals surface area contributed by atoms with Gasteiger partial charge >= 0.3 is 31.7 Å². The van der Waals surface area contributed by atoms with Crippen molar-refractivity contribution in [2.75, 3.05) is 56.3 Å². The van der Waals surface area contributed by atoms with Crippen molar-refractivity contribution in [1.29, 1.82) is 0 Å². The fraction of sp³-hybridized carbons (Fsp3) is 0.556. The fourth-order valence-electron chi connectivity index (χ4n) is 10.6. The predicted octanol–water partition coefficient (Wildman–Crippen LogP) is 3.74. The van der Waals surface area contributed by atoms with Gasteiger partial charge in [-0.2, -0.15) is 4.89 Å². The third-order valence-corrected chi connectivity index (χ3v) is 18.3. The lowest BCUT2D eigenvalue weighted by Gasteiger charge is -2.29. The van der Waals surface area contributed by atoms with E-state index in [1.807, 2.05) is 0 Å². The normalized spacial score (nSPS) is 26.0. The number of nitrogen functional groups attached to an aromatic ring is 1. The number of rotatable bonds is 25. The molecule has 0 saturated carbocycles. The van der Waals surface area contributed by atoms with E-state index in [4.69, 9.17) is 77.2 Å². The zero-order valence-corrected chi connectivity index (χ0v) is 54.8. The van der Waals surface area contributed by atoms with Crippen molar-refractivity contribution in [3.8, 4) is 0 Å². The molecule has 8 amide bonds. The van der Waals surface area contributed by atoms with Crippen LogP contribution in [0.3, 0.4) is 0 Å². The average molecular weight is 1410 g/mol. The number of alkyl halides is 2. The first-order valence-corrected chi connectivity index (χ1v) is 35.0. The number of hydrogen-bond donors (Lipinski definition) is 8. The third kappa shape index (κ3) is 18.1. The number of imide groups is 1. The minimum Gasteiger partial charge on any atom is -0.447 e. The van der Waals surface area contributed by atoms with Crippen LogP contribution in [-0.2, 0) is 96.3 Å². The molecule has 8 heterocycles. The number of likely N-dealkylation sites (N-methyl/N-ethyl adjacent to an activating group) is 1. The number of carbonyl (C=O) groups excluding carboxylic acids is 8. The zero-order valence-electron chi connectivity index (χ0n) is 51.4. The molecule has 0 bridgehead atoms. The van der Waals surface area contributed by atoms with E-state index in [0.717, 1.165) is 28.4 Å². The van der Waals surface area contributed by atoms with E-state index >= 15 is 8.78 Å². The van der Waals surface area contributed by atoms with Gasteiger partial charge in [0.05, 0.1) is 31.8 Å². The number of primary amides is 1. The zero-order chi connectivity index (χ0) is 68.5. The molecule has 4 aromatic heterocycles. The number of nitrogens with one attached hydrogen (secondary N) is 4. The summed E-state index contributed by atoms with van der Waals surface area (Å²) >= 11 is 10.3. The maximum atomic E-state index is 16.6. The number of aromatic nitrogens is 8. The highest BCUT2D eigenvalue weighted by molar-refractivity contribution is 8.07. The van der Waals surface area contributed by atoms with E-state index in [2.05, 4.69) is 51.2 Å². The minimum atomic E-state index is -4.63. The number of urea groups is 1. The second kappa shape index (κ2) is 31.6. The number of carbonyl (C=O) groups is 8. The molecule has 516 valence electrons. The van der Waals surface area contributed by atoms with Crippen LogP contribution in [0.5, 0.6) is 0 Å². The molecule has 4 fully saturated rings. The van der Waals surface area contributed by atoms with Crippen molar-refractivity contribution in [1.82, 2.24) is 59.5 Å². The lowest BCUT2D eigenvalue weighted by atomic mass is 9.89. The molecule has 4 unspecified atom stereocenters. The van der Waals surface area contributed by atoms with Gasteiger partial charge in [0.2, 0.25) is 29.9 Å². The monoisotopic (exact) mass is 1410 g/mol. The Hall–Kier alpha value is -7.52. The van der Waals surface area contributed by atoms with Gasteiger partial charge in [-0.3, -0.25) is 52.4 Å². The van der Waals surface area contributed by atoms with E-state index in [0.29, 0.717) is 36.9 Å². The summed E-state index contributed by atoms with van der Waals surface area (Å²) in [5.41, 5.74) is 12.0. The number of ketones is 1. The van der Waals surface area contributed by atoms with Gasteiger partial charge in [0.15, 0.2) is 65.1 Å². The topological polar surface area (TPSA) is 454 Å². The lowest BCUT2D eigenvalue weighted by Crippen LogP contribution is -2.45. The molecule has 4 saturated heterocycles. The number of halogens is 2. The molecule has 0 radical (unpaired) electrons. The van der Waals surface area contributed by atoms with E-state index in [9.17, 15) is 48.1 Å². The van der Waals surface area contributed by atoms with Crippen LogP contribution in [0.4, 0.5) is 40.5 Å². The van der Waals surface area contributed by atoms with Crippen LogP contribution in [-0.4, -0.2) is 189 Å². The number of Topliss-reactive ketones (excluding diaryl/α,β-unsaturated/α-hetero) is 1. The summed E-state index contributed by atoms with van der Waals surface area (Å²) in [5, 5.41) is 10.5. The van der Waals surface area contributed by atoms with Crippen molar-refractivity contribution in [2.45, 2.75) is 134 Å². The number of likely N-dealkylation sites (tertiary alicyclic amines) is 1. The van der Waals surface area contributed by atoms with Gasteiger partial charge in [-0.15, -0.1) is 4.67 Å². The van der Waals surface area contributed by atoms with Crippen LogP contribution in [0.1, 0.15) is 90.2 Å². The van der Waals surface area contributed by atoms with Gasteiger partial charge in [0.25, 0.3) is 0 Å². The Morgan fingerprint density at radius 3 is 2.22 bits per heavy atom. The van der Waals surface area contributed by atoms with E-state index in [1.54, 1.807) is 45.0 Å². The Morgan fingerprint density at radius 1 is 0.853 bits per heavy atom. The van der Waals surface area contributed by atoms with Crippen LogP contribution >= 0.6 is 13.4 Å². The number of ether oxygens (including phenoxy) is 4. The maximum Gasteiger partial charge on any atom is 0.412 e. The summed E-state index contributed by atoms with van der Waals surface area (Å²) < 4.78 is 79.2. The van der Waals surface area contributed by atoms with Gasteiger partial charge in [-0.25, -0.2) is 53.1 Å². The molecule has 0 aliphatic carbocycles. The number of imidazole rings is 2. The fourth-order valence-corrected chi connectivity index (χ4v) is 13.2. The van der Waals surface area contributed by atoms with E-state index in [1.165, 1.54) is 22.8 Å². The number of nitrogens with two attached hydrogens (primary N) is 2. The average Bonchev–Trinajstić information content (AvgIpc) is 1.62. The molecule has 1 aromatic carbocycles. The van der Waals surface area contributed by atoms with Crippen molar-refractivity contribution in [2.24, 2.45) is 23.5 Å². The summed E-state index contributed by atoms with van der Waals surface area (Å²) in [6, 6.07) is 4.68. The lowest BCUT2D eigenvalue weighted by molar-refractivity contribution is -0.336. The molecule has 10 N–H and O–H groups in total. The van der Waals surface area contributed by atoms with Crippen LogP contribution in [0.25, 0.3) is 22.3 Å². The molecular formula is C54H70F2N16O19P2S2. The predicted molar refractivity (Wildman–Crippen MR) is 332 cm³/mol. The van der Waals surface area contributed by atoms with Gasteiger partial charge < -0.3 is 65.6 Å². The first-order chi connectivity index (χ1) is 45.2. The molecule has 9 rings (SSSR count). The first-order valence-electron chi connectivity index (χ1n) is 29.8. The summed E-state index contributed by atoms with van der Waals surface area (Å²) in [5.74, 6) is -3.35. The minimum absolute atomic E-state index is 0.00261. The standard InChI is InChI=1S/C54H70F2N16O19P2S2/c1-27(2)38(67-34(74)10-6-5-7-16-70-35(75)19-28(3)48(70)77)32(73)20-30(9-8-15-59-52(58)78)47(76)66-31-13-11-29(12-14-31)21-84-54(80)69(4)17-18-83-53(79)68-44-40-46(63-24-61-44)72(26-65-40)50-37(56)42-51(87-50)88-91-93(82,95)89-41-33(22-85-92(81,94)90-42)86-49(36(41)55)71-25-64-39-43(57)60-23-62-45(39)71/h11-14,23-28,30,33,36-38,41-42,49-51H,5-10,15-22H2,1-4H3,(H,66,76)(H,67,74)(H,81,94)(H,82,95)(H2,57,60,62)(H3,58,59,78)(H,61,63,68,79)/t28?,30-,33-,36-,37-,38?,41-,42+,49-,50-,51-,92?,93?/m1/s1. The molecule has 41 heteroatoms. The summed E-state index contributed by atoms with van der Waals surface area (Å²) in [7, 11) is 1.39. The number of anilines is 3. The highest BCUT2D eigenvalue weighted by Crippen LogP contribution is 2.55. The Bertz CT molecular complexity index is 3750. The molecule has 35 nitrogen and oxygen atoms in total. The van der Waals surface area contributed by atoms with E-state index < -0.39 is 106 Å². The molecule has 0 spiro atoms. The van der Waals surface area contributed by atoms with Crippen molar-refractivity contribution in [3.63, 3.8) is 0 Å². The number of fused-ring (bicyclic) bond motifs is 4. The number of unbranched alkanes of at least 4 members (excludes halogenated alkanes) is 2. The smallest absolute Gasteiger partial charge is 0.412 e. The number of amides is 8. The highest BCUT2D eigenvalue weighted by Gasteiger charge is 2.55. The SMILES string of the molecule is CC1CC(=O)N(CCCCCC(=O)NC(C(=O)C[C@@H](CCCNC(N)=O)C(=O)Nc2ccc(COC(=O)N(C)CCOC(=O)Nc3ncnc4c3ncn4[C@@H]3O[C@@H]4OOP(O)(=S)O[C@H]5[C@@H](F)[C@H](n6cnc7c(N)ncnc76)O[C@@H]5COP(O)(=S)O[C@H]4[C@H]3F)cc2)C(C)C)C1=O. The second-order valence-electron chi connectivity index (χ2n) is 22.8. The number of nitrogens with zero attached hydrogens (tertiary/aromatic N) is 10. The van der Waals surface area contributed by atoms with Gasteiger partial charge in [0, 0.05) is 56.9 Å².